The molecule has 104 valence electrons. The lowest BCUT2D eigenvalue weighted by Gasteiger charge is -2.22. The molecule has 0 aromatic carbocycles. The van der Waals surface area contributed by atoms with Crippen LogP contribution in [0.15, 0.2) is 5.38 Å². The van der Waals surface area contributed by atoms with Crippen LogP contribution in [0.5, 0.6) is 0 Å². The number of carboxylic acids is 1. The number of carbonyl (C=O) groups is 2. The van der Waals surface area contributed by atoms with Crippen LogP contribution in [-0.2, 0) is 9.59 Å². The number of hydrogen-bond donors (Lipinski definition) is 2. The van der Waals surface area contributed by atoms with E-state index in [0.29, 0.717) is 11.7 Å². The normalized spacial score (nSPS) is 23.5. The third-order valence-electron chi connectivity index (χ3n) is 3.27. The predicted octanol–water partition coefficient (Wildman–Crippen LogP) is 1.19. The lowest BCUT2D eigenvalue weighted by molar-refractivity contribution is -0.143. The number of aromatic nitrogens is 1. The molecule has 1 aromatic heterocycles. The molecule has 0 radical (unpaired) electrons. The van der Waals surface area contributed by atoms with Crippen molar-refractivity contribution in [1.82, 2.24) is 9.88 Å². The molecule has 1 aliphatic rings. The van der Waals surface area contributed by atoms with E-state index in [1.54, 1.807) is 4.90 Å². The van der Waals surface area contributed by atoms with Crippen molar-refractivity contribution in [1.29, 1.82) is 0 Å². The molecule has 1 aromatic rings. The van der Waals surface area contributed by atoms with Crippen LogP contribution in [0.4, 0.5) is 5.13 Å². The maximum Gasteiger partial charge on any atom is 0.321 e. The van der Waals surface area contributed by atoms with E-state index < -0.39 is 12.0 Å². The topological polar surface area (TPSA) is 82.5 Å². The van der Waals surface area contributed by atoms with Gasteiger partial charge in [-0.3, -0.25) is 14.5 Å². The van der Waals surface area contributed by atoms with E-state index in [-0.39, 0.29) is 18.4 Å². The second-order valence-electron chi connectivity index (χ2n) is 4.86. The molecule has 2 unspecified atom stereocenters. The molecule has 1 saturated heterocycles. The maximum atomic E-state index is 11.9. The summed E-state index contributed by atoms with van der Waals surface area (Å²) in [5, 5.41) is 14.3. The van der Waals surface area contributed by atoms with Crippen molar-refractivity contribution in [3.63, 3.8) is 0 Å². The molecule has 2 atom stereocenters. The quantitative estimate of drug-likeness (QED) is 0.867. The Hall–Kier alpha value is -1.47. The number of nitrogens with one attached hydrogen (secondary N) is 1. The van der Waals surface area contributed by atoms with E-state index >= 15 is 0 Å². The number of thiazole rings is 1. The van der Waals surface area contributed by atoms with Gasteiger partial charge in [0.2, 0.25) is 5.91 Å². The van der Waals surface area contributed by atoms with Crippen LogP contribution in [0.25, 0.3) is 0 Å². The summed E-state index contributed by atoms with van der Waals surface area (Å²) in [5.74, 6) is -0.995. The lowest BCUT2D eigenvalue weighted by atomic mass is 10.0. The molecule has 19 heavy (non-hydrogen) atoms. The van der Waals surface area contributed by atoms with Gasteiger partial charge in [-0.1, -0.05) is 6.92 Å². The number of nitrogens with zero attached hydrogens (tertiary/aromatic N) is 2. The summed E-state index contributed by atoms with van der Waals surface area (Å²) < 4.78 is 0. The summed E-state index contributed by atoms with van der Waals surface area (Å²) >= 11 is 1.37. The minimum Gasteiger partial charge on any atom is -0.480 e. The summed E-state index contributed by atoms with van der Waals surface area (Å²) in [5.41, 5.74) is 0.860. The van der Waals surface area contributed by atoms with E-state index in [9.17, 15) is 14.7 Å². The van der Waals surface area contributed by atoms with Crippen molar-refractivity contribution in [3.8, 4) is 0 Å². The molecule has 6 nitrogen and oxygen atoms in total. The Morgan fingerprint density at radius 1 is 1.63 bits per heavy atom. The van der Waals surface area contributed by atoms with Crippen LogP contribution >= 0.6 is 11.3 Å². The van der Waals surface area contributed by atoms with Gasteiger partial charge in [0.15, 0.2) is 5.13 Å². The number of anilines is 1. The zero-order chi connectivity index (χ0) is 14.0. The lowest BCUT2D eigenvalue weighted by Crippen LogP contribution is -2.43. The summed E-state index contributed by atoms with van der Waals surface area (Å²) in [7, 11) is 0. The van der Waals surface area contributed by atoms with E-state index in [2.05, 4.69) is 10.3 Å². The summed E-state index contributed by atoms with van der Waals surface area (Å²) in [6.45, 7) is 4.50. The molecule has 1 fully saturated rings. The predicted molar refractivity (Wildman–Crippen MR) is 72.3 cm³/mol. The van der Waals surface area contributed by atoms with Crippen molar-refractivity contribution in [2.45, 2.75) is 26.3 Å². The smallest absolute Gasteiger partial charge is 0.321 e. The number of rotatable bonds is 4. The third kappa shape index (κ3) is 3.30. The number of likely N-dealkylation sites (tertiary alicyclic amines) is 1. The molecule has 2 N–H and O–H groups in total. The van der Waals surface area contributed by atoms with Crippen LogP contribution in [-0.4, -0.2) is 46.0 Å². The van der Waals surface area contributed by atoms with Gasteiger partial charge >= 0.3 is 5.97 Å². The minimum atomic E-state index is -0.858. The van der Waals surface area contributed by atoms with Crippen molar-refractivity contribution in [3.05, 3.63) is 11.1 Å². The molecule has 1 aliphatic heterocycles. The van der Waals surface area contributed by atoms with Gasteiger partial charge in [0.25, 0.3) is 0 Å². The van der Waals surface area contributed by atoms with E-state index in [4.69, 9.17) is 0 Å². The van der Waals surface area contributed by atoms with Gasteiger partial charge in [-0.15, -0.1) is 11.3 Å². The highest BCUT2D eigenvalue weighted by atomic mass is 32.1. The molecule has 7 heteroatoms. The van der Waals surface area contributed by atoms with Crippen LogP contribution in [0.2, 0.25) is 0 Å². The highest BCUT2D eigenvalue weighted by molar-refractivity contribution is 7.13. The molecule has 2 heterocycles. The maximum absolute atomic E-state index is 11.9. The van der Waals surface area contributed by atoms with E-state index in [1.165, 1.54) is 11.3 Å². The SMILES string of the molecule is Cc1csc(NC(=O)CN2CCC(C)C2C(=O)O)n1. The zero-order valence-electron chi connectivity index (χ0n) is 10.9. The Labute approximate surface area is 115 Å². The third-order valence-corrected chi connectivity index (χ3v) is 4.14. The van der Waals surface area contributed by atoms with Crippen LogP contribution in [0.3, 0.4) is 0 Å². The number of carboxylic acid groups (broad SMARTS) is 1. The second-order valence-corrected chi connectivity index (χ2v) is 5.72. The summed E-state index contributed by atoms with van der Waals surface area (Å²) in [6, 6.07) is -0.566. The van der Waals surface area contributed by atoms with Gasteiger partial charge < -0.3 is 10.4 Å². The first-order chi connectivity index (χ1) is 8.97. The average Bonchev–Trinajstić information content (AvgIpc) is 2.85. The molecule has 0 saturated carbocycles. The van der Waals surface area contributed by atoms with Gasteiger partial charge in [-0.2, -0.15) is 0 Å². The van der Waals surface area contributed by atoms with Gasteiger partial charge in [-0.05, 0) is 25.8 Å². The fraction of sp³-hybridized carbons (Fsp3) is 0.583. The molecule has 0 aliphatic carbocycles. The molecule has 2 rings (SSSR count). The van der Waals surface area contributed by atoms with E-state index in [1.807, 2.05) is 19.2 Å². The first kappa shape index (κ1) is 14.0. The number of aliphatic carboxylic acids is 1. The number of hydrogen-bond acceptors (Lipinski definition) is 5. The van der Waals surface area contributed by atoms with Crippen molar-refractivity contribution in [2.24, 2.45) is 5.92 Å². The first-order valence-electron chi connectivity index (χ1n) is 6.16. The standard InChI is InChI=1S/C12H17N3O3S/c1-7-3-4-15(10(7)11(17)18)5-9(16)14-12-13-8(2)6-19-12/h6-7,10H,3-5H2,1-2H3,(H,17,18)(H,13,14,16). The highest BCUT2D eigenvalue weighted by Gasteiger charge is 2.37. The fourth-order valence-corrected chi connectivity index (χ4v) is 3.06. The molecule has 0 bridgehead atoms. The fourth-order valence-electron chi connectivity index (χ4n) is 2.36. The Morgan fingerprint density at radius 2 is 2.37 bits per heavy atom. The van der Waals surface area contributed by atoms with Crippen molar-refractivity contribution >= 4 is 28.3 Å². The van der Waals surface area contributed by atoms with Gasteiger partial charge in [0.1, 0.15) is 6.04 Å². The molecular weight excluding hydrogens is 266 g/mol. The Kier molecular flexibility index (Phi) is 4.16. The first-order valence-corrected chi connectivity index (χ1v) is 7.04. The van der Waals surface area contributed by atoms with Gasteiger partial charge in [0.05, 0.1) is 12.2 Å². The van der Waals surface area contributed by atoms with Gasteiger partial charge in [0, 0.05) is 5.38 Å². The van der Waals surface area contributed by atoms with Crippen LogP contribution < -0.4 is 5.32 Å². The number of amides is 1. The summed E-state index contributed by atoms with van der Waals surface area (Å²) in [6.07, 6.45) is 0.806. The van der Waals surface area contributed by atoms with Crippen molar-refractivity contribution in [2.75, 3.05) is 18.4 Å². The van der Waals surface area contributed by atoms with E-state index in [0.717, 1.165) is 12.1 Å². The Morgan fingerprint density at radius 3 is 2.95 bits per heavy atom. The largest absolute Gasteiger partial charge is 0.480 e. The van der Waals surface area contributed by atoms with Crippen molar-refractivity contribution < 1.29 is 14.7 Å². The molecule has 0 spiro atoms. The molecule has 1 amide bonds. The second kappa shape index (κ2) is 5.66. The van der Waals surface area contributed by atoms with Crippen LogP contribution in [0.1, 0.15) is 19.0 Å². The summed E-state index contributed by atoms with van der Waals surface area (Å²) in [4.78, 5) is 28.9. The highest BCUT2D eigenvalue weighted by Crippen LogP contribution is 2.24. The van der Waals surface area contributed by atoms with Crippen LogP contribution in [0, 0.1) is 12.8 Å². The number of carbonyl (C=O) groups excluding carboxylic acids is 1. The van der Waals surface area contributed by atoms with Gasteiger partial charge in [-0.25, -0.2) is 4.98 Å². The molecular formula is C12H17N3O3S. The minimum absolute atomic E-state index is 0.0763. The Bertz CT molecular complexity index is 488. The monoisotopic (exact) mass is 283 g/mol. The zero-order valence-corrected chi connectivity index (χ0v) is 11.7. The Balaban J connectivity index is 1.93. The average molecular weight is 283 g/mol. The number of aryl methyl sites for hydroxylation is 1.